The Morgan fingerprint density at radius 3 is 2.24 bits per heavy atom. The van der Waals surface area contributed by atoms with Crippen molar-refractivity contribution < 1.29 is 14.0 Å². The van der Waals surface area contributed by atoms with Crippen LogP contribution in [0.1, 0.15) is 33.6 Å². The van der Waals surface area contributed by atoms with Gasteiger partial charge < -0.3 is 10.2 Å². The number of piperidine rings is 1. The molecule has 0 bridgehead atoms. The molecule has 3 rings (SSSR count). The summed E-state index contributed by atoms with van der Waals surface area (Å²) in [5, 5.41) is 2.85. The molecule has 1 aliphatic heterocycles. The second kappa shape index (κ2) is 7.70. The molecule has 0 atom stereocenters. The lowest BCUT2D eigenvalue weighted by Crippen LogP contribution is -2.46. The quantitative estimate of drug-likeness (QED) is 0.828. The third-order valence-corrected chi connectivity index (χ3v) is 4.76. The Labute approximate surface area is 151 Å². The third-order valence-electron chi connectivity index (χ3n) is 4.37. The third kappa shape index (κ3) is 4.02. The molecule has 1 fully saturated rings. The van der Waals surface area contributed by atoms with E-state index < -0.39 is 11.7 Å². The van der Waals surface area contributed by atoms with Crippen LogP contribution in [0.3, 0.4) is 0 Å². The van der Waals surface area contributed by atoms with Crippen LogP contribution in [0.15, 0.2) is 53.4 Å². The number of nitrogens with zero attached hydrogens (tertiary/aromatic N) is 1. The fourth-order valence-corrected chi connectivity index (χ4v) is 3.22. The summed E-state index contributed by atoms with van der Waals surface area (Å²) in [6, 6.07) is 13.1. The number of carbonyl (C=O) groups is 2. The van der Waals surface area contributed by atoms with E-state index in [1.54, 1.807) is 29.2 Å². The van der Waals surface area contributed by atoms with E-state index in [0.29, 0.717) is 36.4 Å². The summed E-state index contributed by atoms with van der Waals surface area (Å²) in [6.45, 7) is 1.09. The Morgan fingerprint density at radius 2 is 1.60 bits per heavy atom. The van der Waals surface area contributed by atoms with Gasteiger partial charge in [-0.2, -0.15) is 0 Å². The Kier molecular flexibility index (Phi) is 5.38. The van der Waals surface area contributed by atoms with Gasteiger partial charge in [-0.3, -0.25) is 9.59 Å². The average Bonchev–Trinajstić information content (AvgIpc) is 2.62. The summed E-state index contributed by atoms with van der Waals surface area (Å²) in [5.74, 6) is -0.994. The van der Waals surface area contributed by atoms with Crippen LogP contribution >= 0.6 is 12.6 Å². The van der Waals surface area contributed by atoms with Gasteiger partial charge in [-0.15, -0.1) is 12.6 Å². The van der Waals surface area contributed by atoms with Crippen LogP contribution in [0.5, 0.6) is 0 Å². The summed E-state index contributed by atoms with van der Waals surface area (Å²) in [7, 11) is 0. The standard InChI is InChI=1S/C19H19FN2O2S/c20-16-7-3-1-5-14(16)18(23)21-13-9-11-22(12-10-13)19(24)15-6-2-4-8-17(15)25/h1-8,13,25H,9-12H2,(H,21,23). The molecule has 0 aliphatic carbocycles. The van der Waals surface area contributed by atoms with Gasteiger partial charge in [-0.05, 0) is 37.1 Å². The van der Waals surface area contributed by atoms with Gasteiger partial charge in [0.1, 0.15) is 5.82 Å². The molecule has 1 saturated heterocycles. The SMILES string of the molecule is O=C(NC1CCN(C(=O)c2ccccc2S)CC1)c1ccccc1F. The van der Waals surface area contributed by atoms with E-state index in [2.05, 4.69) is 17.9 Å². The van der Waals surface area contributed by atoms with Crippen molar-refractivity contribution in [1.82, 2.24) is 10.2 Å². The molecule has 0 radical (unpaired) electrons. The second-order valence-corrected chi connectivity index (χ2v) is 6.52. The van der Waals surface area contributed by atoms with E-state index >= 15 is 0 Å². The van der Waals surface area contributed by atoms with Crippen molar-refractivity contribution in [2.75, 3.05) is 13.1 Å². The van der Waals surface area contributed by atoms with Crippen LogP contribution in [0.25, 0.3) is 0 Å². The van der Waals surface area contributed by atoms with Crippen LogP contribution < -0.4 is 5.32 Å². The molecule has 0 aromatic heterocycles. The van der Waals surface area contributed by atoms with E-state index in [0.717, 1.165) is 0 Å². The molecule has 1 N–H and O–H groups in total. The number of carbonyl (C=O) groups excluding carboxylic acids is 2. The molecule has 0 unspecified atom stereocenters. The topological polar surface area (TPSA) is 49.4 Å². The van der Waals surface area contributed by atoms with Gasteiger partial charge in [0.25, 0.3) is 11.8 Å². The van der Waals surface area contributed by atoms with E-state index in [4.69, 9.17) is 0 Å². The number of thiol groups is 1. The molecular formula is C19H19FN2O2S. The molecule has 4 nitrogen and oxygen atoms in total. The number of rotatable bonds is 3. The number of hydrogen-bond acceptors (Lipinski definition) is 3. The predicted octanol–water partition coefficient (Wildman–Crippen LogP) is 3.15. The first-order chi connectivity index (χ1) is 12.1. The van der Waals surface area contributed by atoms with E-state index in [1.807, 2.05) is 12.1 Å². The number of nitrogens with one attached hydrogen (secondary N) is 1. The zero-order valence-electron chi connectivity index (χ0n) is 13.6. The molecule has 130 valence electrons. The summed E-state index contributed by atoms with van der Waals surface area (Å²) in [5.41, 5.74) is 0.629. The normalized spacial score (nSPS) is 15.0. The van der Waals surface area contributed by atoms with Crippen molar-refractivity contribution in [3.63, 3.8) is 0 Å². The van der Waals surface area contributed by atoms with Gasteiger partial charge in [0.2, 0.25) is 0 Å². The first kappa shape index (κ1) is 17.5. The lowest BCUT2D eigenvalue weighted by atomic mass is 10.0. The maximum atomic E-state index is 13.7. The smallest absolute Gasteiger partial charge is 0.254 e. The van der Waals surface area contributed by atoms with Gasteiger partial charge >= 0.3 is 0 Å². The highest BCUT2D eigenvalue weighted by atomic mass is 32.1. The Morgan fingerprint density at radius 1 is 1.00 bits per heavy atom. The van der Waals surface area contributed by atoms with Crippen molar-refractivity contribution in [2.24, 2.45) is 0 Å². The highest BCUT2D eigenvalue weighted by Gasteiger charge is 2.26. The van der Waals surface area contributed by atoms with Crippen molar-refractivity contribution in [3.05, 3.63) is 65.5 Å². The maximum absolute atomic E-state index is 13.7. The largest absolute Gasteiger partial charge is 0.349 e. The van der Waals surface area contributed by atoms with Crippen LogP contribution in [0, 0.1) is 5.82 Å². The van der Waals surface area contributed by atoms with Crippen LogP contribution in [-0.2, 0) is 0 Å². The predicted molar refractivity (Wildman–Crippen MR) is 96.5 cm³/mol. The minimum atomic E-state index is -0.530. The number of halogens is 1. The first-order valence-electron chi connectivity index (χ1n) is 8.19. The van der Waals surface area contributed by atoms with Gasteiger partial charge in [0.05, 0.1) is 11.1 Å². The molecule has 0 saturated carbocycles. The monoisotopic (exact) mass is 358 g/mol. The first-order valence-corrected chi connectivity index (χ1v) is 8.63. The molecule has 0 spiro atoms. The fraction of sp³-hybridized carbons (Fsp3) is 0.263. The lowest BCUT2D eigenvalue weighted by molar-refractivity contribution is 0.0694. The molecule has 25 heavy (non-hydrogen) atoms. The van der Waals surface area contributed by atoms with E-state index in [-0.39, 0.29) is 17.5 Å². The van der Waals surface area contributed by atoms with Gasteiger partial charge in [-0.1, -0.05) is 24.3 Å². The maximum Gasteiger partial charge on any atom is 0.254 e. The zero-order valence-corrected chi connectivity index (χ0v) is 14.5. The highest BCUT2D eigenvalue weighted by molar-refractivity contribution is 7.80. The minimum Gasteiger partial charge on any atom is -0.349 e. The molecule has 1 aliphatic rings. The number of hydrogen-bond donors (Lipinski definition) is 2. The number of amides is 2. The Bertz CT molecular complexity index is 788. The van der Waals surface area contributed by atoms with E-state index in [1.165, 1.54) is 12.1 Å². The summed E-state index contributed by atoms with van der Waals surface area (Å²) < 4.78 is 13.7. The van der Waals surface area contributed by atoms with Gasteiger partial charge in [-0.25, -0.2) is 4.39 Å². The Hall–Kier alpha value is -2.34. The van der Waals surface area contributed by atoms with Crippen molar-refractivity contribution in [1.29, 1.82) is 0 Å². The lowest BCUT2D eigenvalue weighted by Gasteiger charge is -2.32. The molecule has 6 heteroatoms. The number of likely N-dealkylation sites (tertiary alicyclic amines) is 1. The molecule has 2 aromatic carbocycles. The van der Waals surface area contributed by atoms with Crippen molar-refractivity contribution >= 4 is 24.4 Å². The summed E-state index contributed by atoms with van der Waals surface area (Å²) in [6.07, 6.45) is 1.28. The van der Waals surface area contributed by atoms with Crippen LogP contribution in [-0.4, -0.2) is 35.8 Å². The summed E-state index contributed by atoms with van der Waals surface area (Å²) in [4.78, 5) is 27.1. The summed E-state index contributed by atoms with van der Waals surface area (Å²) >= 11 is 4.33. The van der Waals surface area contributed by atoms with Crippen molar-refractivity contribution in [2.45, 2.75) is 23.8 Å². The zero-order chi connectivity index (χ0) is 17.8. The fourth-order valence-electron chi connectivity index (χ4n) is 2.96. The van der Waals surface area contributed by atoms with E-state index in [9.17, 15) is 14.0 Å². The molecule has 1 heterocycles. The van der Waals surface area contributed by atoms with Gasteiger partial charge in [0, 0.05) is 24.0 Å². The van der Waals surface area contributed by atoms with Crippen LogP contribution in [0.4, 0.5) is 4.39 Å². The highest BCUT2D eigenvalue weighted by Crippen LogP contribution is 2.19. The minimum absolute atomic E-state index is 0.0463. The van der Waals surface area contributed by atoms with Crippen LogP contribution in [0.2, 0.25) is 0 Å². The molecule has 2 amide bonds. The Balaban J connectivity index is 1.57. The van der Waals surface area contributed by atoms with Gasteiger partial charge in [0.15, 0.2) is 0 Å². The second-order valence-electron chi connectivity index (χ2n) is 6.04. The van der Waals surface area contributed by atoms with Crippen molar-refractivity contribution in [3.8, 4) is 0 Å². The number of benzene rings is 2. The molecular weight excluding hydrogens is 339 g/mol. The average molecular weight is 358 g/mol. The molecule has 2 aromatic rings.